The van der Waals surface area contributed by atoms with Gasteiger partial charge in [-0.1, -0.05) is 16.8 Å². The van der Waals surface area contributed by atoms with Crippen molar-refractivity contribution in [1.82, 2.24) is 40.0 Å². The van der Waals surface area contributed by atoms with Crippen LogP contribution in [0.2, 0.25) is 5.02 Å². The minimum absolute atomic E-state index is 0. The van der Waals surface area contributed by atoms with Crippen molar-refractivity contribution in [3.63, 3.8) is 0 Å². The molecule has 0 bridgehead atoms. The standard InChI is InChI=1S/C32H33ClN12O8S2.I2.Na/c1-32(2,30(51)52)53-39-21(16-13-55-31(34)35-16)27(49)37-22-28(50)45-23(25-38-40-41-42(25)3)14(12-54-29(22)45)10-43-11-18(44-9-5-4-6-19(43)44)36-26(48)15-7-8-17(46)24(47)20(15)33;1-2;/h7-8,11,13,22,29H,4-6,9-10,12H2,1-3H3,(H6-,34,35,36,37,39,40,41,46,47,48,49,51,52);;/q;;+1. The zero-order valence-electron chi connectivity index (χ0n) is 31.1. The molecule has 3 amide bonds. The number of aromatic hydroxyl groups is 2. The summed E-state index contributed by atoms with van der Waals surface area (Å²) in [5.41, 5.74) is 4.77. The third kappa shape index (κ3) is 9.07. The molecule has 6 heterocycles. The van der Waals surface area contributed by atoms with Gasteiger partial charge in [0.15, 0.2) is 40.0 Å². The predicted molar refractivity (Wildman–Crippen MR) is 222 cm³/mol. The number of fused-ring (bicyclic) bond motifs is 2. The number of carboxylic acid groups (broad SMARTS) is 1. The van der Waals surface area contributed by atoms with Crippen LogP contribution in [0, 0.1) is 0 Å². The van der Waals surface area contributed by atoms with Gasteiger partial charge in [-0.05, 0) is 49.2 Å². The number of aromatic nitrogens is 7. The van der Waals surface area contributed by atoms with Crippen LogP contribution in [-0.2, 0) is 45.8 Å². The summed E-state index contributed by atoms with van der Waals surface area (Å²) in [6.45, 7) is 3.33. The number of phenolic OH excluding ortho intramolecular Hbond substituents is 2. The number of tetrazole rings is 1. The molecule has 26 heteroatoms. The molecule has 3 aromatic heterocycles. The number of nitrogen functional groups attached to an aromatic ring is 1. The van der Waals surface area contributed by atoms with Crippen molar-refractivity contribution in [3.05, 3.63) is 57.2 Å². The number of thioether (sulfide) groups is 1. The number of halogens is 3. The summed E-state index contributed by atoms with van der Waals surface area (Å²) >= 11 is 12.9. The van der Waals surface area contributed by atoms with Crippen molar-refractivity contribution >= 4 is 118 Å². The first-order valence-electron chi connectivity index (χ1n) is 16.8. The first kappa shape index (κ1) is 45.8. The number of nitrogens with two attached hydrogens (primary N) is 1. The number of anilines is 2. The molecule has 0 spiro atoms. The number of imidazole rings is 1. The monoisotopic (exact) mass is 1090 g/mol. The van der Waals surface area contributed by atoms with Gasteiger partial charge in [-0.15, -0.1) is 28.2 Å². The number of aliphatic carboxylic acids is 1. The number of carbonyl (C=O) groups excluding carboxylic acids is 4. The summed E-state index contributed by atoms with van der Waals surface area (Å²) in [5.74, 6) is -2.37. The van der Waals surface area contributed by atoms with Gasteiger partial charge >= 0.3 is 29.6 Å². The van der Waals surface area contributed by atoms with Gasteiger partial charge in [0.25, 0.3) is 23.5 Å². The fourth-order valence-electron chi connectivity index (χ4n) is 6.28. The molecule has 3 aliphatic heterocycles. The third-order valence-electron chi connectivity index (χ3n) is 9.19. The molecule has 1 fully saturated rings. The first-order chi connectivity index (χ1) is 27.2. The van der Waals surface area contributed by atoms with Gasteiger partial charge in [-0.2, -0.15) is 0 Å². The molecule has 4 aromatic rings. The Morgan fingerprint density at radius 2 is 1.98 bits per heavy atom. The van der Waals surface area contributed by atoms with Crippen LogP contribution < -0.4 is 55.6 Å². The fourth-order valence-corrected chi connectivity index (χ4v) is 8.41. The fraction of sp³-hybridized carbons (Fsp3) is 0.375. The average molecular weight is 1090 g/mol. The Hall–Kier alpha value is -3.28. The quantitative estimate of drug-likeness (QED) is 0.0218. The number of nitrogens with one attached hydrogen (secondary N) is 2. The second-order valence-electron chi connectivity index (χ2n) is 13.3. The number of hydrogen-bond acceptors (Lipinski definition) is 16. The Bertz CT molecular complexity index is 2340. The zero-order valence-corrected chi connectivity index (χ0v) is 39.8. The molecule has 0 saturated carbocycles. The van der Waals surface area contributed by atoms with E-state index in [9.17, 15) is 34.5 Å². The van der Waals surface area contributed by atoms with Gasteiger partial charge in [0.1, 0.15) is 23.7 Å². The number of carbonyl (C=O) groups is 4. The van der Waals surface area contributed by atoms with Crippen LogP contribution in [0.4, 0.5) is 10.9 Å². The van der Waals surface area contributed by atoms with E-state index in [1.807, 2.05) is 9.13 Å². The number of oxime groups is 1. The van der Waals surface area contributed by atoms with E-state index in [1.165, 1.54) is 52.7 Å². The second kappa shape index (κ2) is 19.0. The maximum atomic E-state index is 14.0. The van der Waals surface area contributed by atoms with Crippen molar-refractivity contribution in [3.8, 4) is 11.5 Å². The predicted octanol–water partition coefficient (Wildman–Crippen LogP) is -1.47. The van der Waals surface area contributed by atoms with E-state index in [-0.39, 0.29) is 56.7 Å². The number of β-lactam (4-membered cyclic amide) rings is 1. The summed E-state index contributed by atoms with van der Waals surface area (Å²) in [6.07, 6.45) is 4.28. The van der Waals surface area contributed by atoms with Crippen LogP contribution in [0.1, 0.15) is 54.4 Å². The SMILES string of the molecule is Cn1nnnc1C1=C(C[n+]2cc(NC(=O)c3ccc(O)c(O)c3Cl)n3c2CCCC3)CSC2C(NC(=O)/C(=N\OC(C)(C)C(=O)[O-])c3csc(N)n3)C(=O)N12.II.[Na+]. The Morgan fingerprint density at radius 1 is 1.24 bits per heavy atom. The zero-order chi connectivity index (χ0) is 41.3. The molecule has 2 unspecified atom stereocenters. The summed E-state index contributed by atoms with van der Waals surface area (Å²) in [6, 6.07) is 1.48. The molecule has 2 atom stereocenters. The number of aryl methyl sites for hydroxylation is 1. The maximum absolute atomic E-state index is 14.0. The van der Waals surface area contributed by atoms with Crippen LogP contribution in [0.3, 0.4) is 0 Å². The maximum Gasteiger partial charge on any atom is 1.00 e. The van der Waals surface area contributed by atoms with Gasteiger partial charge in [0, 0.05) is 67.4 Å². The van der Waals surface area contributed by atoms with E-state index in [4.69, 9.17) is 22.2 Å². The van der Waals surface area contributed by atoms with Crippen LogP contribution in [-0.4, -0.2) is 97.0 Å². The van der Waals surface area contributed by atoms with Crippen LogP contribution in [0.15, 0.2) is 34.4 Å². The van der Waals surface area contributed by atoms with Crippen LogP contribution in [0.5, 0.6) is 11.5 Å². The molecule has 1 saturated heterocycles. The number of phenols is 2. The topological polar surface area (TPSA) is 272 Å². The van der Waals surface area contributed by atoms with Crippen molar-refractivity contribution in [2.45, 2.75) is 63.2 Å². The smallest absolute Gasteiger partial charge is 0.546 e. The Labute approximate surface area is 388 Å². The molecular weight excluding hydrogens is 1060 g/mol. The largest absolute Gasteiger partial charge is 1.00 e. The van der Waals surface area contributed by atoms with Crippen molar-refractivity contribution < 1.29 is 73.5 Å². The number of benzene rings is 1. The van der Waals surface area contributed by atoms with E-state index in [2.05, 4.69) is 73.5 Å². The van der Waals surface area contributed by atoms with Gasteiger partial charge in [-0.25, -0.2) is 18.8 Å². The Kier molecular flexibility index (Phi) is 15.0. The number of rotatable bonds is 11. The third-order valence-corrected chi connectivity index (χ3v) is 11.6. The number of carboxylic acids is 1. The summed E-state index contributed by atoms with van der Waals surface area (Å²) in [4.78, 5) is 63.2. The normalized spacial score (nSPS) is 17.5. The van der Waals surface area contributed by atoms with Gasteiger partial charge in [0.2, 0.25) is 5.82 Å². The minimum Gasteiger partial charge on any atom is -0.546 e. The van der Waals surface area contributed by atoms with Gasteiger partial charge in [0.05, 0.1) is 28.8 Å². The summed E-state index contributed by atoms with van der Waals surface area (Å²) in [5, 5.41) is 53.5. The molecule has 20 nitrogen and oxygen atoms in total. The van der Waals surface area contributed by atoms with Crippen LogP contribution in [0.25, 0.3) is 5.70 Å². The van der Waals surface area contributed by atoms with E-state index >= 15 is 0 Å². The molecule has 0 radical (unpaired) electrons. The minimum atomic E-state index is -1.88. The van der Waals surface area contributed by atoms with Gasteiger partial charge < -0.3 is 36.0 Å². The van der Waals surface area contributed by atoms with E-state index < -0.39 is 52.2 Å². The molecule has 58 heavy (non-hydrogen) atoms. The number of nitrogens with zero attached hydrogens (tertiary/aromatic N) is 9. The molecule has 7 rings (SSSR count). The molecule has 3 aliphatic rings. The van der Waals surface area contributed by atoms with Crippen molar-refractivity contribution in [1.29, 1.82) is 0 Å². The van der Waals surface area contributed by atoms with Gasteiger partial charge in [-0.3, -0.25) is 24.6 Å². The molecule has 0 aliphatic carbocycles. The molecule has 1 aromatic carbocycles. The molecule has 302 valence electrons. The number of thiazole rings is 1. The van der Waals surface area contributed by atoms with Crippen molar-refractivity contribution in [2.24, 2.45) is 12.2 Å². The number of amides is 3. The van der Waals surface area contributed by atoms with E-state index in [1.54, 1.807) is 13.2 Å². The Morgan fingerprint density at radius 3 is 2.64 bits per heavy atom. The van der Waals surface area contributed by atoms with Crippen molar-refractivity contribution in [2.75, 3.05) is 16.8 Å². The van der Waals surface area contributed by atoms with Crippen LogP contribution >= 0.6 is 71.9 Å². The Balaban J connectivity index is 0.00000210. The first-order valence-corrected chi connectivity index (χ1v) is 25.4. The molecule has 6 N–H and O–H groups in total. The van der Waals surface area contributed by atoms with E-state index in [0.717, 1.165) is 35.6 Å². The second-order valence-corrected chi connectivity index (χ2v) is 15.6. The number of hydrogen-bond donors (Lipinski definition) is 5. The summed E-state index contributed by atoms with van der Waals surface area (Å²) < 4.78 is 5.42. The molecular formula is C32H33ClI2N12NaO8S2+. The summed E-state index contributed by atoms with van der Waals surface area (Å²) in [7, 11) is 1.64. The van der Waals surface area contributed by atoms with E-state index in [0.29, 0.717) is 42.6 Å². The average Bonchev–Trinajstić information content (AvgIpc) is 3.91.